The number of hydrogen-bond acceptors (Lipinski definition) is 4. The summed E-state index contributed by atoms with van der Waals surface area (Å²) < 4.78 is 23.0. The van der Waals surface area contributed by atoms with Gasteiger partial charge in [-0.2, -0.15) is 0 Å². The zero-order chi connectivity index (χ0) is 12.3. The van der Waals surface area contributed by atoms with Crippen LogP contribution in [0, 0.1) is 5.92 Å². The lowest BCUT2D eigenvalue weighted by atomic mass is 9.93. The van der Waals surface area contributed by atoms with Crippen molar-refractivity contribution in [2.45, 2.75) is 31.7 Å². The number of likely N-dealkylation sites (tertiary alicyclic amines) is 1. The van der Waals surface area contributed by atoms with Gasteiger partial charge in [-0.15, -0.1) is 0 Å². The summed E-state index contributed by atoms with van der Waals surface area (Å²) in [7, 11) is -0.743. The molecule has 0 spiro atoms. The van der Waals surface area contributed by atoms with Crippen LogP contribution in [-0.2, 0) is 9.84 Å². The van der Waals surface area contributed by atoms with Crippen molar-refractivity contribution in [3.63, 3.8) is 0 Å². The van der Waals surface area contributed by atoms with Crippen molar-refractivity contribution in [1.82, 2.24) is 10.2 Å². The molecule has 0 saturated carbocycles. The molecule has 0 aromatic carbocycles. The maximum Gasteiger partial charge on any atom is 0.151 e. The molecular weight excluding hydrogens is 236 g/mol. The molecule has 2 atom stereocenters. The molecular formula is C12H24N2O2S. The van der Waals surface area contributed by atoms with E-state index in [1.165, 1.54) is 19.3 Å². The molecule has 4 nitrogen and oxygen atoms in total. The lowest BCUT2D eigenvalue weighted by molar-refractivity contribution is 0.130. The van der Waals surface area contributed by atoms with E-state index in [0.29, 0.717) is 17.5 Å². The largest absolute Gasteiger partial charge is 0.320 e. The highest BCUT2D eigenvalue weighted by molar-refractivity contribution is 7.91. The van der Waals surface area contributed by atoms with Gasteiger partial charge in [0, 0.05) is 12.6 Å². The van der Waals surface area contributed by atoms with Gasteiger partial charge in [-0.05, 0) is 51.7 Å². The second kappa shape index (κ2) is 5.67. The minimum Gasteiger partial charge on any atom is -0.320 e. The van der Waals surface area contributed by atoms with E-state index in [9.17, 15) is 8.42 Å². The summed E-state index contributed by atoms with van der Waals surface area (Å²) in [6, 6.07) is 0.303. The molecule has 17 heavy (non-hydrogen) atoms. The molecule has 2 aliphatic rings. The van der Waals surface area contributed by atoms with Gasteiger partial charge in [0.05, 0.1) is 11.5 Å². The summed E-state index contributed by atoms with van der Waals surface area (Å²) >= 11 is 0. The van der Waals surface area contributed by atoms with Gasteiger partial charge < -0.3 is 5.32 Å². The molecule has 2 rings (SSSR count). The Bertz CT molecular complexity index is 342. The lowest BCUT2D eigenvalue weighted by Crippen LogP contribution is -2.43. The highest BCUT2D eigenvalue weighted by atomic mass is 32.2. The monoisotopic (exact) mass is 260 g/mol. The van der Waals surface area contributed by atoms with Crippen molar-refractivity contribution < 1.29 is 8.42 Å². The summed E-state index contributed by atoms with van der Waals surface area (Å²) in [6.07, 6.45) is 4.59. The minimum absolute atomic E-state index is 0.303. The van der Waals surface area contributed by atoms with Crippen LogP contribution >= 0.6 is 0 Å². The van der Waals surface area contributed by atoms with Crippen LogP contribution in [0.3, 0.4) is 0 Å². The first-order valence-corrected chi connectivity index (χ1v) is 8.52. The molecule has 2 saturated heterocycles. The molecule has 0 bridgehead atoms. The summed E-state index contributed by atoms with van der Waals surface area (Å²) in [4.78, 5) is 2.42. The quantitative estimate of drug-likeness (QED) is 0.799. The van der Waals surface area contributed by atoms with E-state index in [1.807, 2.05) is 7.05 Å². The number of nitrogens with one attached hydrogen (secondary N) is 1. The highest BCUT2D eigenvalue weighted by Gasteiger charge is 2.34. The van der Waals surface area contributed by atoms with Gasteiger partial charge in [0.2, 0.25) is 0 Å². The second-order valence-corrected chi connectivity index (χ2v) is 7.68. The smallest absolute Gasteiger partial charge is 0.151 e. The van der Waals surface area contributed by atoms with E-state index in [1.54, 1.807) is 0 Å². The zero-order valence-corrected chi connectivity index (χ0v) is 11.5. The van der Waals surface area contributed by atoms with Gasteiger partial charge in [0.1, 0.15) is 0 Å². The first kappa shape index (κ1) is 13.3. The van der Waals surface area contributed by atoms with E-state index in [0.717, 1.165) is 32.0 Å². The van der Waals surface area contributed by atoms with Gasteiger partial charge in [-0.25, -0.2) is 8.42 Å². The van der Waals surface area contributed by atoms with Crippen LogP contribution in [-0.4, -0.2) is 57.5 Å². The summed E-state index contributed by atoms with van der Waals surface area (Å²) in [5, 5.41) is 3.20. The van der Waals surface area contributed by atoms with E-state index in [4.69, 9.17) is 0 Å². The van der Waals surface area contributed by atoms with Crippen LogP contribution in [0.4, 0.5) is 0 Å². The number of rotatable bonds is 4. The van der Waals surface area contributed by atoms with E-state index in [2.05, 4.69) is 10.2 Å². The maximum absolute atomic E-state index is 11.5. The standard InChI is InChI=1S/C12H24N2O2S/c1-13-6-4-11-3-2-7-14(9-11)12-5-8-17(15,16)10-12/h11-13H,2-10H2,1H3. The van der Waals surface area contributed by atoms with Crippen LogP contribution in [0.1, 0.15) is 25.7 Å². The summed E-state index contributed by atoms with van der Waals surface area (Å²) in [6.45, 7) is 3.26. The third kappa shape index (κ3) is 3.66. The van der Waals surface area contributed by atoms with Crippen LogP contribution in [0.25, 0.3) is 0 Å². The van der Waals surface area contributed by atoms with Crippen LogP contribution in [0.2, 0.25) is 0 Å². The van der Waals surface area contributed by atoms with Crippen molar-refractivity contribution in [2.24, 2.45) is 5.92 Å². The molecule has 2 heterocycles. The number of sulfone groups is 1. The van der Waals surface area contributed by atoms with Crippen molar-refractivity contribution in [3.8, 4) is 0 Å². The van der Waals surface area contributed by atoms with Crippen molar-refractivity contribution in [3.05, 3.63) is 0 Å². The average molecular weight is 260 g/mol. The molecule has 5 heteroatoms. The average Bonchev–Trinajstić information content (AvgIpc) is 2.67. The first-order valence-electron chi connectivity index (χ1n) is 6.70. The predicted molar refractivity (Wildman–Crippen MR) is 69.9 cm³/mol. The third-order valence-electron chi connectivity index (χ3n) is 4.08. The fourth-order valence-electron chi connectivity index (χ4n) is 3.08. The Labute approximate surface area is 105 Å². The van der Waals surface area contributed by atoms with Crippen LogP contribution in [0.5, 0.6) is 0 Å². The van der Waals surface area contributed by atoms with Gasteiger partial charge in [-0.1, -0.05) is 0 Å². The third-order valence-corrected chi connectivity index (χ3v) is 5.83. The van der Waals surface area contributed by atoms with Crippen molar-refractivity contribution >= 4 is 9.84 Å². The molecule has 0 amide bonds. The summed E-state index contributed by atoms with van der Waals surface area (Å²) in [5.74, 6) is 1.54. The Morgan fingerprint density at radius 2 is 2.18 bits per heavy atom. The maximum atomic E-state index is 11.5. The molecule has 0 radical (unpaired) electrons. The van der Waals surface area contributed by atoms with E-state index < -0.39 is 9.84 Å². The fourth-order valence-corrected chi connectivity index (χ4v) is 4.84. The normalized spacial score (nSPS) is 33.9. The SMILES string of the molecule is CNCCC1CCCN(C2CCS(=O)(=O)C2)C1. The minimum atomic E-state index is -2.73. The zero-order valence-electron chi connectivity index (χ0n) is 10.7. The second-order valence-electron chi connectivity index (χ2n) is 5.45. The van der Waals surface area contributed by atoms with Crippen LogP contribution < -0.4 is 5.32 Å². The Hall–Kier alpha value is -0.130. The van der Waals surface area contributed by atoms with Crippen molar-refractivity contribution in [1.29, 1.82) is 0 Å². The predicted octanol–water partition coefficient (Wildman–Crippen LogP) is 0.495. The molecule has 0 aliphatic carbocycles. The number of nitrogens with zero attached hydrogens (tertiary/aromatic N) is 1. The van der Waals surface area contributed by atoms with Gasteiger partial charge in [-0.3, -0.25) is 4.90 Å². The first-order chi connectivity index (χ1) is 8.11. The lowest BCUT2D eigenvalue weighted by Gasteiger charge is -2.36. The molecule has 1 N–H and O–H groups in total. The Balaban J connectivity index is 1.85. The van der Waals surface area contributed by atoms with Crippen LogP contribution in [0.15, 0.2) is 0 Å². The fraction of sp³-hybridized carbons (Fsp3) is 1.00. The Morgan fingerprint density at radius 3 is 2.82 bits per heavy atom. The number of piperidine rings is 1. The van der Waals surface area contributed by atoms with E-state index in [-0.39, 0.29) is 0 Å². The van der Waals surface area contributed by atoms with Crippen molar-refractivity contribution in [2.75, 3.05) is 38.2 Å². The van der Waals surface area contributed by atoms with Gasteiger partial charge in [0.25, 0.3) is 0 Å². The van der Waals surface area contributed by atoms with Gasteiger partial charge in [0.15, 0.2) is 9.84 Å². The number of hydrogen-bond donors (Lipinski definition) is 1. The highest BCUT2D eigenvalue weighted by Crippen LogP contribution is 2.25. The Morgan fingerprint density at radius 1 is 1.35 bits per heavy atom. The summed E-state index contributed by atoms with van der Waals surface area (Å²) in [5.41, 5.74) is 0. The molecule has 0 aromatic heterocycles. The molecule has 2 unspecified atom stereocenters. The van der Waals surface area contributed by atoms with Gasteiger partial charge >= 0.3 is 0 Å². The molecule has 100 valence electrons. The topological polar surface area (TPSA) is 49.4 Å². The molecule has 2 fully saturated rings. The Kier molecular flexibility index (Phi) is 4.44. The van der Waals surface area contributed by atoms with E-state index >= 15 is 0 Å². The molecule has 2 aliphatic heterocycles. The molecule has 0 aromatic rings.